The Balaban J connectivity index is 1.96. The van der Waals surface area contributed by atoms with Crippen LogP contribution in [0.2, 0.25) is 0 Å². The molecule has 12 heteroatoms. The first-order chi connectivity index (χ1) is 16.2. The van der Waals surface area contributed by atoms with Crippen molar-refractivity contribution in [1.29, 1.82) is 0 Å². The van der Waals surface area contributed by atoms with Crippen LogP contribution in [0.1, 0.15) is 37.9 Å². The summed E-state index contributed by atoms with van der Waals surface area (Å²) in [6.45, 7) is 0. The molecule has 6 N–H and O–H groups in total. The zero-order chi connectivity index (χ0) is 25.1. The molecule has 2 aromatic rings. The lowest BCUT2D eigenvalue weighted by Crippen LogP contribution is -2.53. The number of nitrogens with one attached hydrogen (secondary N) is 2. The molecule has 0 radical (unpaired) electrons. The Morgan fingerprint density at radius 1 is 0.912 bits per heavy atom. The van der Waals surface area contributed by atoms with Crippen molar-refractivity contribution in [2.45, 2.75) is 50.6 Å². The van der Waals surface area contributed by atoms with E-state index in [4.69, 9.17) is 20.5 Å². The Bertz CT molecular complexity index is 1020. The number of nitrogens with zero attached hydrogens (tertiary/aromatic N) is 1. The van der Waals surface area contributed by atoms with Gasteiger partial charge in [0.15, 0.2) is 0 Å². The van der Waals surface area contributed by atoms with Gasteiger partial charge in [0, 0.05) is 37.3 Å². The van der Waals surface area contributed by atoms with Gasteiger partial charge < -0.3 is 31.1 Å². The van der Waals surface area contributed by atoms with Gasteiger partial charge in [0.25, 0.3) is 0 Å². The number of hydrogen-bond donors (Lipinski definition) is 5. The molecule has 3 amide bonds. The van der Waals surface area contributed by atoms with Crippen LogP contribution in [-0.2, 0) is 30.4 Å². The molecule has 1 aromatic heterocycles. The molecule has 2 unspecified atom stereocenters. The lowest BCUT2D eigenvalue weighted by atomic mass is 10.1. The average molecular weight is 474 g/mol. The van der Waals surface area contributed by atoms with Gasteiger partial charge >= 0.3 is 11.9 Å². The maximum Gasteiger partial charge on any atom is 0.303 e. The second-order valence-electron chi connectivity index (χ2n) is 7.49. The molecule has 0 saturated heterocycles. The van der Waals surface area contributed by atoms with Crippen LogP contribution in [0.3, 0.4) is 0 Å². The van der Waals surface area contributed by atoms with E-state index in [-0.39, 0.29) is 25.7 Å². The maximum absolute atomic E-state index is 12.6. The average Bonchev–Trinajstić information content (AvgIpc) is 3.27. The van der Waals surface area contributed by atoms with E-state index < -0.39 is 54.6 Å². The highest BCUT2D eigenvalue weighted by molar-refractivity contribution is 5.92. The molecule has 12 nitrogen and oxygen atoms in total. The second-order valence-corrected chi connectivity index (χ2v) is 7.49. The Kier molecular flexibility index (Phi) is 9.74. The summed E-state index contributed by atoms with van der Waals surface area (Å²) in [5, 5.41) is 26.4. The van der Waals surface area contributed by atoms with Crippen LogP contribution in [0.25, 0.3) is 11.3 Å². The molecule has 0 saturated carbocycles. The summed E-state index contributed by atoms with van der Waals surface area (Å²) >= 11 is 0. The van der Waals surface area contributed by atoms with E-state index in [0.717, 1.165) is 5.56 Å². The van der Waals surface area contributed by atoms with Gasteiger partial charge in [-0.1, -0.05) is 35.5 Å². The minimum Gasteiger partial charge on any atom is -0.481 e. The van der Waals surface area contributed by atoms with Gasteiger partial charge in [-0.05, 0) is 12.8 Å². The first kappa shape index (κ1) is 26.0. The number of aryl methyl sites for hydroxylation is 1. The van der Waals surface area contributed by atoms with E-state index in [1.807, 2.05) is 30.3 Å². The number of nitrogens with two attached hydrogens (primary N) is 1. The van der Waals surface area contributed by atoms with Gasteiger partial charge in [-0.15, -0.1) is 0 Å². The van der Waals surface area contributed by atoms with Crippen molar-refractivity contribution in [3.63, 3.8) is 0 Å². The number of benzene rings is 1. The molecule has 182 valence electrons. The van der Waals surface area contributed by atoms with Crippen molar-refractivity contribution in [2.24, 2.45) is 5.73 Å². The summed E-state index contributed by atoms with van der Waals surface area (Å²) in [7, 11) is 0. The van der Waals surface area contributed by atoms with Gasteiger partial charge in [0.05, 0.1) is 0 Å². The first-order valence-corrected chi connectivity index (χ1v) is 10.5. The highest BCUT2D eigenvalue weighted by Gasteiger charge is 2.26. The van der Waals surface area contributed by atoms with E-state index in [1.165, 1.54) is 0 Å². The third-order valence-electron chi connectivity index (χ3n) is 4.83. The number of carbonyl (C=O) groups is 5. The fraction of sp³-hybridized carbons (Fsp3) is 0.364. The third kappa shape index (κ3) is 8.73. The SMILES string of the molecule is NC(=O)C(CCC(=O)O)NC(=O)C(CCC(=O)O)NC(=O)CCc1cc(-c2ccccc2)no1. The second kappa shape index (κ2) is 12.7. The number of carbonyl (C=O) groups excluding carboxylic acids is 3. The van der Waals surface area contributed by atoms with Crippen LogP contribution in [0.5, 0.6) is 0 Å². The topological polar surface area (TPSA) is 202 Å². The van der Waals surface area contributed by atoms with Crippen LogP contribution in [0.15, 0.2) is 40.9 Å². The smallest absolute Gasteiger partial charge is 0.303 e. The molecule has 0 fully saturated rings. The van der Waals surface area contributed by atoms with E-state index >= 15 is 0 Å². The number of amides is 3. The number of primary amides is 1. The highest BCUT2D eigenvalue weighted by atomic mass is 16.5. The monoisotopic (exact) mass is 474 g/mol. The van der Waals surface area contributed by atoms with E-state index in [2.05, 4.69) is 15.8 Å². The van der Waals surface area contributed by atoms with Crippen molar-refractivity contribution in [1.82, 2.24) is 15.8 Å². The van der Waals surface area contributed by atoms with Crippen molar-refractivity contribution >= 4 is 29.7 Å². The zero-order valence-corrected chi connectivity index (χ0v) is 18.2. The Morgan fingerprint density at radius 2 is 1.53 bits per heavy atom. The van der Waals surface area contributed by atoms with Gasteiger partial charge in [-0.2, -0.15) is 0 Å². The fourth-order valence-electron chi connectivity index (χ4n) is 3.04. The molecule has 0 aliphatic carbocycles. The van der Waals surface area contributed by atoms with Gasteiger partial charge in [0.1, 0.15) is 23.5 Å². The van der Waals surface area contributed by atoms with E-state index in [9.17, 15) is 24.0 Å². The Labute approximate surface area is 194 Å². The molecule has 0 spiro atoms. The Hall–Kier alpha value is -4.22. The quantitative estimate of drug-likeness (QED) is 0.258. The molecular formula is C22H26N4O8. The molecule has 2 rings (SSSR count). The molecule has 0 aliphatic rings. The van der Waals surface area contributed by atoms with Crippen LogP contribution in [-0.4, -0.2) is 57.1 Å². The number of hydrogen-bond acceptors (Lipinski definition) is 7. The molecule has 34 heavy (non-hydrogen) atoms. The van der Waals surface area contributed by atoms with Crippen molar-refractivity contribution < 1.29 is 38.7 Å². The van der Waals surface area contributed by atoms with Crippen molar-refractivity contribution in [2.75, 3.05) is 0 Å². The van der Waals surface area contributed by atoms with Crippen LogP contribution in [0, 0.1) is 0 Å². The number of aromatic nitrogens is 1. The standard InChI is InChI=1S/C22H26N4O8/c23-21(32)15(7-10-19(28)29)25-22(33)16(8-11-20(30)31)24-18(27)9-6-14-12-17(26-34-14)13-4-2-1-3-5-13/h1-5,12,15-16H,6-11H2,(H2,23,32)(H,24,27)(H,25,33)(H,28,29)(H,30,31). The molecular weight excluding hydrogens is 448 g/mol. The van der Waals surface area contributed by atoms with Gasteiger partial charge in [0.2, 0.25) is 17.7 Å². The summed E-state index contributed by atoms with van der Waals surface area (Å²) < 4.78 is 5.24. The normalized spacial score (nSPS) is 12.4. The lowest BCUT2D eigenvalue weighted by molar-refractivity contribution is -0.139. The van der Waals surface area contributed by atoms with Gasteiger partial charge in [-0.25, -0.2) is 0 Å². The summed E-state index contributed by atoms with van der Waals surface area (Å²) in [4.78, 5) is 58.2. The molecule has 1 aromatic carbocycles. The van der Waals surface area contributed by atoms with Crippen molar-refractivity contribution in [3.8, 4) is 11.3 Å². The predicted molar refractivity (Wildman–Crippen MR) is 117 cm³/mol. The largest absolute Gasteiger partial charge is 0.481 e. The van der Waals surface area contributed by atoms with Crippen LogP contribution < -0.4 is 16.4 Å². The molecule has 2 atom stereocenters. The maximum atomic E-state index is 12.6. The number of rotatable bonds is 14. The fourth-order valence-corrected chi connectivity index (χ4v) is 3.04. The minimum atomic E-state index is -1.28. The number of aliphatic carboxylic acids is 2. The molecule has 0 bridgehead atoms. The Morgan fingerprint density at radius 3 is 2.12 bits per heavy atom. The minimum absolute atomic E-state index is 0.0709. The number of carboxylic acids is 2. The van der Waals surface area contributed by atoms with Crippen molar-refractivity contribution in [3.05, 3.63) is 42.2 Å². The molecule has 1 heterocycles. The summed E-state index contributed by atoms with van der Waals surface area (Å²) in [5.41, 5.74) is 6.66. The van der Waals surface area contributed by atoms with E-state index in [0.29, 0.717) is 11.5 Å². The van der Waals surface area contributed by atoms with Crippen LogP contribution >= 0.6 is 0 Å². The first-order valence-electron chi connectivity index (χ1n) is 10.5. The van der Waals surface area contributed by atoms with E-state index in [1.54, 1.807) is 6.07 Å². The third-order valence-corrected chi connectivity index (χ3v) is 4.83. The summed E-state index contributed by atoms with van der Waals surface area (Å²) in [6, 6.07) is 8.43. The number of carboxylic acid groups (broad SMARTS) is 2. The summed E-state index contributed by atoms with van der Waals surface area (Å²) in [5.74, 6) is -4.25. The predicted octanol–water partition coefficient (Wildman–Crippen LogP) is 0.459. The highest BCUT2D eigenvalue weighted by Crippen LogP contribution is 2.19. The summed E-state index contributed by atoms with van der Waals surface area (Å²) in [6.07, 6.45) is -1.21. The van der Waals surface area contributed by atoms with Crippen LogP contribution in [0.4, 0.5) is 0 Å². The zero-order valence-electron chi connectivity index (χ0n) is 18.2. The van der Waals surface area contributed by atoms with Gasteiger partial charge in [-0.3, -0.25) is 24.0 Å². The lowest BCUT2D eigenvalue weighted by Gasteiger charge is -2.21. The molecule has 0 aliphatic heterocycles.